The van der Waals surface area contributed by atoms with Crippen molar-refractivity contribution >= 4 is 11.8 Å². The molecule has 0 saturated heterocycles. The molecule has 1 aliphatic heterocycles. The maximum Gasteiger partial charge on any atom is 0.328 e. The van der Waals surface area contributed by atoms with Crippen LogP contribution in [0.3, 0.4) is 0 Å². The van der Waals surface area contributed by atoms with Gasteiger partial charge in [0.2, 0.25) is 0 Å². The van der Waals surface area contributed by atoms with E-state index in [1.165, 1.54) is 0 Å². The monoisotopic (exact) mass is 195 g/mol. The van der Waals surface area contributed by atoms with Crippen LogP contribution in [0.2, 0.25) is 0 Å². The molecular weight excluding hydrogens is 182 g/mol. The molecule has 76 valence electrons. The summed E-state index contributed by atoms with van der Waals surface area (Å²) in [6.07, 6.45) is 3.41. The van der Waals surface area contributed by atoms with Gasteiger partial charge in [-0.1, -0.05) is 0 Å². The minimum absolute atomic E-state index is 0.187. The van der Waals surface area contributed by atoms with Gasteiger partial charge in [-0.15, -0.1) is 0 Å². The Morgan fingerprint density at radius 3 is 3.43 bits per heavy atom. The molecule has 0 aliphatic carbocycles. The number of nitrogens with one attached hydrogen (secondary N) is 2. The van der Waals surface area contributed by atoms with Gasteiger partial charge in [0.25, 0.3) is 0 Å². The highest BCUT2D eigenvalue weighted by molar-refractivity contribution is 5.80. The SMILES string of the molecule is CCOC(=O)C1CCc2cn[nH]c2N1. The number of nitrogens with zero attached hydrogens (tertiary/aromatic N) is 1. The number of esters is 1. The van der Waals surface area contributed by atoms with Crippen molar-refractivity contribution < 1.29 is 9.53 Å². The number of anilines is 1. The Hall–Kier alpha value is -1.52. The number of aromatic nitrogens is 2. The zero-order chi connectivity index (χ0) is 9.97. The minimum Gasteiger partial charge on any atom is -0.464 e. The zero-order valence-electron chi connectivity index (χ0n) is 8.04. The predicted molar refractivity (Wildman–Crippen MR) is 51.0 cm³/mol. The average molecular weight is 195 g/mol. The molecule has 0 spiro atoms. The lowest BCUT2D eigenvalue weighted by atomic mass is 10.0. The van der Waals surface area contributed by atoms with Gasteiger partial charge in [-0.2, -0.15) is 5.10 Å². The number of ether oxygens (including phenoxy) is 1. The van der Waals surface area contributed by atoms with Gasteiger partial charge in [-0.3, -0.25) is 5.10 Å². The van der Waals surface area contributed by atoms with Crippen LogP contribution in [-0.4, -0.2) is 28.8 Å². The highest BCUT2D eigenvalue weighted by Crippen LogP contribution is 2.22. The van der Waals surface area contributed by atoms with E-state index >= 15 is 0 Å². The van der Waals surface area contributed by atoms with E-state index in [4.69, 9.17) is 4.74 Å². The number of aromatic amines is 1. The summed E-state index contributed by atoms with van der Waals surface area (Å²) in [5.74, 6) is 0.655. The predicted octanol–water partition coefficient (Wildman–Crippen LogP) is 0.699. The lowest BCUT2D eigenvalue weighted by Crippen LogP contribution is -2.34. The third kappa shape index (κ3) is 1.57. The van der Waals surface area contributed by atoms with Crippen LogP contribution in [0.4, 0.5) is 5.82 Å². The second kappa shape index (κ2) is 3.69. The van der Waals surface area contributed by atoms with Crippen LogP contribution in [-0.2, 0) is 16.0 Å². The standard InChI is InChI=1S/C9H13N3O2/c1-2-14-9(13)7-4-3-6-5-10-12-8(6)11-7/h5,7H,2-4H2,1H3,(H2,10,11,12). The van der Waals surface area contributed by atoms with Crippen molar-refractivity contribution in [3.63, 3.8) is 0 Å². The number of carbonyl (C=O) groups excluding carboxylic acids is 1. The van der Waals surface area contributed by atoms with Gasteiger partial charge in [0, 0.05) is 5.56 Å². The highest BCUT2D eigenvalue weighted by Gasteiger charge is 2.25. The molecule has 5 nitrogen and oxygen atoms in total. The van der Waals surface area contributed by atoms with Gasteiger partial charge in [0.15, 0.2) is 0 Å². The molecule has 14 heavy (non-hydrogen) atoms. The number of hydrogen-bond acceptors (Lipinski definition) is 4. The summed E-state index contributed by atoms with van der Waals surface area (Å²) in [5.41, 5.74) is 1.13. The van der Waals surface area contributed by atoms with Gasteiger partial charge in [0.05, 0.1) is 12.8 Å². The molecule has 5 heteroatoms. The van der Waals surface area contributed by atoms with Crippen LogP contribution in [0.5, 0.6) is 0 Å². The highest BCUT2D eigenvalue weighted by atomic mass is 16.5. The first-order chi connectivity index (χ1) is 6.81. The normalized spacial score (nSPS) is 19.6. The first-order valence-electron chi connectivity index (χ1n) is 4.76. The second-order valence-corrected chi connectivity index (χ2v) is 3.26. The number of aryl methyl sites for hydroxylation is 1. The summed E-state index contributed by atoms with van der Waals surface area (Å²) in [5, 5.41) is 9.79. The molecule has 2 heterocycles. The van der Waals surface area contributed by atoms with Gasteiger partial charge in [-0.05, 0) is 19.8 Å². The van der Waals surface area contributed by atoms with Crippen LogP contribution in [0.1, 0.15) is 18.9 Å². The molecule has 0 fully saturated rings. The van der Waals surface area contributed by atoms with Gasteiger partial charge in [-0.25, -0.2) is 4.79 Å². The van der Waals surface area contributed by atoms with E-state index in [0.717, 1.165) is 24.2 Å². The maximum atomic E-state index is 11.4. The van der Waals surface area contributed by atoms with Gasteiger partial charge < -0.3 is 10.1 Å². The minimum atomic E-state index is -0.233. The molecule has 1 aromatic heterocycles. The van der Waals surface area contributed by atoms with E-state index in [1.807, 2.05) is 6.92 Å². The van der Waals surface area contributed by atoms with E-state index in [1.54, 1.807) is 6.20 Å². The van der Waals surface area contributed by atoms with Crippen LogP contribution in [0, 0.1) is 0 Å². The molecule has 1 atom stereocenters. The number of fused-ring (bicyclic) bond motifs is 1. The van der Waals surface area contributed by atoms with Crippen molar-refractivity contribution in [2.24, 2.45) is 0 Å². The zero-order valence-corrected chi connectivity index (χ0v) is 8.04. The molecule has 0 saturated carbocycles. The first-order valence-corrected chi connectivity index (χ1v) is 4.76. The van der Waals surface area contributed by atoms with Gasteiger partial charge in [0.1, 0.15) is 11.9 Å². The summed E-state index contributed by atoms with van der Waals surface area (Å²) in [7, 11) is 0. The number of rotatable bonds is 2. The second-order valence-electron chi connectivity index (χ2n) is 3.26. The molecule has 0 aromatic carbocycles. The topological polar surface area (TPSA) is 67.0 Å². The number of hydrogen-bond donors (Lipinski definition) is 2. The third-order valence-corrected chi connectivity index (χ3v) is 2.31. The Labute approximate surface area is 81.8 Å². The van der Waals surface area contributed by atoms with Crippen molar-refractivity contribution in [3.05, 3.63) is 11.8 Å². The average Bonchev–Trinajstić information content (AvgIpc) is 2.64. The molecule has 2 N–H and O–H groups in total. The molecule has 0 amide bonds. The van der Waals surface area contributed by atoms with Crippen molar-refractivity contribution in [1.29, 1.82) is 0 Å². The van der Waals surface area contributed by atoms with E-state index in [-0.39, 0.29) is 12.0 Å². The molecule has 2 rings (SSSR count). The fourth-order valence-electron chi connectivity index (χ4n) is 1.59. The van der Waals surface area contributed by atoms with E-state index < -0.39 is 0 Å². The maximum absolute atomic E-state index is 11.4. The Morgan fingerprint density at radius 2 is 2.64 bits per heavy atom. The van der Waals surface area contributed by atoms with E-state index in [2.05, 4.69) is 15.5 Å². The van der Waals surface area contributed by atoms with Crippen LogP contribution < -0.4 is 5.32 Å². The van der Waals surface area contributed by atoms with Crippen molar-refractivity contribution in [3.8, 4) is 0 Å². The molecular formula is C9H13N3O2. The number of H-pyrrole nitrogens is 1. The summed E-state index contributed by atoms with van der Waals surface area (Å²) >= 11 is 0. The van der Waals surface area contributed by atoms with E-state index in [0.29, 0.717) is 6.61 Å². The quantitative estimate of drug-likeness (QED) is 0.682. The van der Waals surface area contributed by atoms with Crippen molar-refractivity contribution in [1.82, 2.24) is 10.2 Å². The Bertz CT molecular complexity index is 335. The third-order valence-electron chi connectivity index (χ3n) is 2.31. The largest absolute Gasteiger partial charge is 0.464 e. The van der Waals surface area contributed by atoms with Gasteiger partial charge >= 0.3 is 5.97 Å². The van der Waals surface area contributed by atoms with Crippen LogP contribution in [0.15, 0.2) is 6.20 Å². The number of carbonyl (C=O) groups is 1. The van der Waals surface area contributed by atoms with Crippen LogP contribution >= 0.6 is 0 Å². The Balaban J connectivity index is 2.04. The van der Waals surface area contributed by atoms with Crippen molar-refractivity contribution in [2.75, 3.05) is 11.9 Å². The molecule has 0 bridgehead atoms. The molecule has 0 radical (unpaired) electrons. The first kappa shape index (κ1) is 9.05. The smallest absolute Gasteiger partial charge is 0.328 e. The Kier molecular flexibility index (Phi) is 2.39. The van der Waals surface area contributed by atoms with Crippen molar-refractivity contribution in [2.45, 2.75) is 25.8 Å². The fourth-order valence-corrected chi connectivity index (χ4v) is 1.59. The summed E-state index contributed by atoms with van der Waals surface area (Å²) in [6, 6.07) is -0.233. The molecule has 1 aromatic rings. The summed E-state index contributed by atoms with van der Waals surface area (Å²) in [6.45, 7) is 2.23. The summed E-state index contributed by atoms with van der Waals surface area (Å²) in [4.78, 5) is 11.4. The lowest BCUT2D eigenvalue weighted by Gasteiger charge is -2.22. The Morgan fingerprint density at radius 1 is 1.79 bits per heavy atom. The van der Waals surface area contributed by atoms with E-state index in [9.17, 15) is 4.79 Å². The fraction of sp³-hybridized carbons (Fsp3) is 0.556. The lowest BCUT2D eigenvalue weighted by molar-refractivity contribution is -0.144. The van der Waals surface area contributed by atoms with Crippen LogP contribution in [0.25, 0.3) is 0 Å². The molecule has 1 aliphatic rings. The molecule has 1 unspecified atom stereocenters. The summed E-state index contributed by atoms with van der Waals surface area (Å²) < 4.78 is 4.94.